The lowest BCUT2D eigenvalue weighted by Gasteiger charge is -2.12. The first-order valence-electron chi connectivity index (χ1n) is 8.13. The largest absolute Gasteiger partial charge is 0.385 e. The van der Waals surface area contributed by atoms with Crippen molar-refractivity contribution in [1.29, 1.82) is 0 Å². The van der Waals surface area contributed by atoms with Gasteiger partial charge in [-0.2, -0.15) is 0 Å². The molecule has 24 heavy (non-hydrogen) atoms. The molecule has 0 aliphatic carbocycles. The number of para-hydroxylation sites is 1. The van der Waals surface area contributed by atoms with E-state index in [1.54, 1.807) is 11.3 Å². The van der Waals surface area contributed by atoms with Crippen LogP contribution in [-0.2, 0) is 6.54 Å². The monoisotopic (exact) mass is 458 g/mol. The van der Waals surface area contributed by atoms with E-state index in [1.165, 1.54) is 16.1 Å². The van der Waals surface area contributed by atoms with Gasteiger partial charge in [0, 0.05) is 30.2 Å². The molecule has 0 radical (unpaired) electrons. The van der Waals surface area contributed by atoms with Crippen LogP contribution in [0, 0.1) is 6.92 Å². The lowest BCUT2D eigenvalue weighted by atomic mass is 10.3. The van der Waals surface area contributed by atoms with Crippen molar-refractivity contribution in [2.24, 2.45) is 4.99 Å². The second kappa shape index (κ2) is 12.1. The molecule has 0 amide bonds. The first kappa shape index (κ1) is 20.8. The highest BCUT2D eigenvalue weighted by molar-refractivity contribution is 14.0. The normalized spacial score (nSPS) is 10.8. The maximum atomic E-state index is 4.66. The van der Waals surface area contributed by atoms with Crippen LogP contribution >= 0.6 is 35.3 Å². The number of hydrogen-bond acceptors (Lipinski definition) is 3. The first-order valence-corrected chi connectivity index (χ1v) is 9.01. The van der Waals surface area contributed by atoms with Crippen LogP contribution in [0.5, 0.6) is 0 Å². The number of thiophene rings is 1. The molecule has 1 aromatic heterocycles. The van der Waals surface area contributed by atoms with Crippen molar-refractivity contribution in [2.45, 2.75) is 26.8 Å². The third kappa shape index (κ3) is 7.53. The standard InChI is InChI=1S/C18H26N4S.HI/c1-3-19-18(22-14-17-15(2)10-13-23-17)21-12-7-11-20-16-8-5-4-6-9-16;/h4-6,8-10,13,20H,3,7,11-12,14H2,1-2H3,(H2,19,21,22);1H. The second-order valence-electron chi connectivity index (χ2n) is 5.30. The van der Waals surface area contributed by atoms with Gasteiger partial charge in [-0.15, -0.1) is 35.3 Å². The molecule has 4 nitrogen and oxygen atoms in total. The van der Waals surface area contributed by atoms with Crippen LogP contribution in [0.2, 0.25) is 0 Å². The van der Waals surface area contributed by atoms with E-state index in [1.807, 2.05) is 18.2 Å². The molecule has 0 fully saturated rings. The molecule has 0 saturated heterocycles. The van der Waals surface area contributed by atoms with E-state index in [0.29, 0.717) is 0 Å². The Labute approximate surface area is 166 Å². The zero-order valence-corrected chi connectivity index (χ0v) is 17.5. The number of hydrogen-bond donors (Lipinski definition) is 3. The van der Waals surface area contributed by atoms with E-state index >= 15 is 0 Å². The van der Waals surface area contributed by atoms with Gasteiger partial charge in [0.15, 0.2) is 5.96 Å². The van der Waals surface area contributed by atoms with Crippen molar-refractivity contribution in [3.05, 3.63) is 52.2 Å². The lowest BCUT2D eigenvalue weighted by molar-refractivity contribution is 0.765. The average molecular weight is 458 g/mol. The number of guanidine groups is 1. The van der Waals surface area contributed by atoms with Crippen LogP contribution in [0.3, 0.4) is 0 Å². The molecule has 132 valence electrons. The summed E-state index contributed by atoms with van der Waals surface area (Å²) in [7, 11) is 0. The van der Waals surface area contributed by atoms with Crippen LogP contribution in [0.25, 0.3) is 0 Å². The summed E-state index contributed by atoms with van der Waals surface area (Å²) in [5, 5.41) is 12.2. The maximum Gasteiger partial charge on any atom is 0.191 e. The maximum absolute atomic E-state index is 4.66. The van der Waals surface area contributed by atoms with Crippen LogP contribution in [0.1, 0.15) is 23.8 Å². The van der Waals surface area contributed by atoms with Gasteiger partial charge in [-0.05, 0) is 49.4 Å². The summed E-state index contributed by atoms with van der Waals surface area (Å²) >= 11 is 1.77. The minimum Gasteiger partial charge on any atom is -0.385 e. The molecule has 1 aromatic carbocycles. The Kier molecular flexibility index (Phi) is 10.5. The van der Waals surface area contributed by atoms with Gasteiger partial charge in [-0.1, -0.05) is 18.2 Å². The molecule has 0 spiro atoms. The topological polar surface area (TPSA) is 48.5 Å². The number of benzene rings is 1. The zero-order valence-electron chi connectivity index (χ0n) is 14.3. The minimum atomic E-state index is 0. The van der Waals surface area contributed by atoms with E-state index in [9.17, 15) is 0 Å². The molecule has 0 aliphatic rings. The minimum absolute atomic E-state index is 0. The Balaban J connectivity index is 0.00000288. The number of nitrogens with zero attached hydrogens (tertiary/aromatic N) is 1. The summed E-state index contributed by atoms with van der Waals surface area (Å²) in [6.07, 6.45) is 1.04. The molecule has 2 aromatic rings. The Morgan fingerprint density at radius 2 is 1.88 bits per heavy atom. The number of rotatable bonds is 8. The summed E-state index contributed by atoms with van der Waals surface area (Å²) in [5.74, 6) is 0.889. The van der Waals surface area contributed by atoms with Crippen molar-refractivity contribution in [2.75, 3.05) is 25.0 Å². The SMILES string of the molecule is CCNC(=NCc1sccc1C)NCCCNc1ccccc1.I. The molecule has 0 atom stereocenters. The van der Waals surface area contributed by atoms with Crippen molar-refractivity contribution in [3.8, 4) is 0 Å². The highest BCUT2D eigenvalue weighted by atomic mass is 127. The van der Waals surface area contributed by atoms with Gasteiger partial charge in [0.05, 0.1) is 6.54 Å². The van der Waals surface area contributed by atoms with Crippen molar-refractivity contribution in [3.63, 3.8) is 0 Å². The second-order valence-corrected chi connectivity index (χ2v) is 6.30. The fourth-order valence-electron chi connectivity index (χ4n) is 2.14. The smallest absolute Gasteiger partial charge is 0.191 e. The number of aryl methyl sites for hydroxylation is 1. The fourth-order valence-corrected chi connectivity index (χ4v) is 2.97. The Morgan fingerprint density at radius 1 is 1.08 bits per heavy atom. The molecule has 0 unspecified atom stereocenters. The number of halogens is 1. The highest BCUT2D eigenvalue weighted by Crippen LogP contribution is 2.16. The molecule has 2 rings (SSSR count). The van der Waals surface area contributed by atoms with Gasteiger partial charge in [0.2, 0.25) is 0 Å². The van der Waals surface area contributed by atoms with Crippen LogP contribution in [0.15, 0.2) is 46.8 Å². The molecule has 0 aliphatic heterocycles. The zero-order chi connectivity index (χ0) is 16.3. The van der Waals surface area contributed by atoms with E-state index in [-0.39, 0.29) is 24.0 Å². The van der Waals surface area contributed by atoms with E-state index in [0.717, 1.165) is 38.6 Å². The predicted molar refractivity (Wildman–Crippen MR) is 117 cm³/mol. The molecular weight excluding hydrogens is 431 g/mol. The molecule has 3 N–H and O–H groups in total. The van der Waals surface area contributed by atoms with Gasteiger partial charge >= 0.3 is 0 Å². The van der Waals surface area contributed by atoms with Crippen LogP contribution in [0.4, 0.5) is 5.69 Å². The number of anilines is 1. The number of aliphatic imine (C=N–C) groups is 1. The summed E-state index contributed by atoms with van der Waals surface area (Å²) in [4.78, 5) is 5.98. The van der Waals surface area contributed by atoms with Gasteiger partial charge in [-0.3, -0.25) is 0 Å². The molecule has 0 saturated carbocycles. The average Bonchev–Trinajstić information content (AvgIpc) is 2.98. The summed E-state index contributed by atoms with van der Waals surface area (Å²) in [6, 6.07) is 12.4. The van der Waals surface area contributed by atoms with Crippen LogP contribution < -0.4 is 16.0 Å². The lowest BCUT2D eigenvalue weighted by Crippen LogP contribution is -2.38. The van der Waals surface area contributed by atoms with Gasteiger partial charge < -0.3 is 16.0 Å². The number of nitrogens with one attached hydrogen (secondary N) is 3. The summed E-state index contributed by atoms with van der Waals surface area (Å²) in [5.41, 5.74) is 2.49. The van der Waals surface area contributed by atoms with Crippen molar-refractivity contribution < 1.29 is 0 Å². The quantitative estimate of drug-likeness (QED) is 0.240. The van der Waals surface area contributed by atoms with Crippen molar-refractivity contribution in [1.82, 2.24) is 10.6 Å². The van der Waals surface area contributed by atoms with Crippen LogP contribution in [-0.4, -0.2) is 25.6 Å². The summed E-state index contributed by atoms with van der Waals surface area (Å²) in [6.45, 7) is 7.68. The Morgan fingerprint density at radius 3 is 2.54 bits per heavy atom. The third-order valence-corrected chi connectivity index (χ3v) is 4.45. The van der Waals surface area contributed by atoms with Crippen molar-refractivity contribution >= 4 is 47.0 Å². The van der Waals surface area contributed by atoms with Gasteiger partial charge in [0.25, 0.3) is 0 Å². The summed E-state index contributed by atoms with van der Waals surface area (Å²) < 4.78 is 0. The molecule has 6 heteroatoms. The van der Waals surface area contributed by atoms with E-state index < -0.39 is 0 Å². The Hall–Kier alpha value is -1.28. The van der Waals surface area contributed by atoms with Gasteiger partial charge in [-0.25, -0.2) is 4.99 Å². The molecular formula is C18H27IN4S. The van der Waals surface area contributed by atoms with E-state index in [2.05, 4.69) is 58.4 Å². The fraction of sp³-hybridized carbons (Fsp3) is 0.389. The third-order valence-electron chi connectivity index (χ3n) is 3.44. The molecule has 1 heterocycles. The van der Waals surface area contributed by atoms with E-state index in [4.69, 9.17) is 0 Å². The Bertz CT molecular complexity index is 598. The molecule has 0 bridgehead atoms. The van der Waals surface area contributed by atoms with Gasteiger partial charge in [0.1, 0.15) is 0 Å². The first-order chi connectivity index (χ1) is 11.3. The predicted octanol–water partition coefficient (Wildman–Crippen LogP) is 4.23. The highest BCUT2D eigenvalue weighted by Gasteiger charge is 2.00.